The maximum atomic E-state index is 13.6. The largest absolute Gasteiger partial charge is 0.465 e. The average Bonchev–Trinajstić information content (AvgIpc) is 3.40. The van der Waals surface area contributed by atoms with Crippen LogP contribution >= 0.6 is 0 Å². The Morgan fingerprint density at radius 3 is 2.43 bits per heavy atom. The van der Waals surface area contributed by atoms with Gasteiger partial charge in [-0.15, -0.1) is 0 Å². The van der Waals surface area contributed by atoms with Crippen molar-refractivity contribution in [2.45, 2.75) is 6.54 Å². The molecule has 8 nitrogen and oxygen atoms in total. The second-order valence-electron chi connectivity index (χ2n) is 8.28. The SMILES string of the molecule is COC(=O)c1ccc(CN(C(=O)N2CCOCC2)c2cccc(-c3ccc4c(c3)OCO4)c2)cc1. The lowest BCUT2D eigenvalue weighted by Crippen LogP contribution is -2.48. The zero-order chi connectivity index (χ0) is 24.2. The first-order valence-corrected chi connectivity index (χ1v) is 11.4. The van der Waals surface area contributed by atoms with E-state index in [2.05, 4.69) is 0 Å². The zero-order valence-electron chi connectivity index (χ0n) is 19.4. The van der Waals surface area contributed by atoms with Crippen molar-refractivity contribution in [2.75, 3.05) is 45.1 Å². The number of urea groups is 1. The van der Waals surface area contributed by atoms with Crippen LogP contribution in [0.15, 0.2) is 66.7 Å². The van der Waals surface area contributed by atoms with E-state index in [-0.39, 0.29) is 12.8 Å². The summed E-state index contributed by atoms with van der Waals surface area (Å²) in [6, 6.07) is 20.7. The van der Waals surface area contributed by atoms with Crippen molar-refractivity contribution in [2.24, 2.45) is 0 Å². The lowest BCUT2D eigenvalue weighted by molar-refractivity contribution is 0.0548. The van der Waals surface area contributed by atoms with Crippen molar-refractivity contribution in [1.29, 1.82) is 0 Å². The highest BCUT2D eigenvalue weighted by Crippen LogP contribution is 2.37. The van der Waals surface area contributed by atoms with Crippen molar-refractivity contribution in [3.63, 3.8) is 0 Å². The molecule has 2 aliphatic heterocycles. The normalized spacial score (nSPS) is 14.5. The second kappa shape index (κ2) is 10.1. The molecule has 0 unspecified atom stereocenters. The fourth-order valence-corrected chi connectivity index (χ4v) is 4.17. The van der Waals surface area contributed by atoms with Gasteiger partial charge in [0.05, 0.1) is 32.4 Å². The molecule has 5 rings (SSSR count). The Balaban J connectivity index is 1.46. The number of nitrogens with zero attached hydrogens (tertiary/aromatic N) is 2. The molecule has 0 saturated carbocycles. The number of anilines is 1. The van der Waals surface area contributed by atoms with E-state index in [0.29, 0.717) is 44.2 Å². The van der Waals surface area contributed by atoms with Crippen LogP contribution in [0.25, 0.3) is 11.1 Å². The molecule has 0 spiro atoms. The van der Waals surface area contributed by atoms with Crippen molar-refractivity contribution >= 4 is 17.7 Å². The number of rotatable bonds is 5. The van der Waals surface area contributed by atoms with Gasteiger partial charge in [0.1, 0.15) is 0 Å². The molecule has 2 heterocycles. The summed E-state index contributed by atoms with van der Waals surface area (Å²) in [6.45, 7) is 2.68. The highest BCUT2D eigenvalue weighted by Gasteiger charge is 2.25. The molecule has 0 N–H and O–H groups in total. The third-order valence-electron chi connectivity index (χ3n) is 6.09. The van der Waals surface area contributed by atoms with Gasteiger partial charge in [0.25, 0.3) is 0 Å². The topological polar surface area (TPSA) is 77.5 Å². The van der Waals surface area contributed by atoms with Gasteiger partial charge in [0, 0.05) is 18.8 Å². The summed E-state index contributed by atoms with van der Waals surface area (Å²) in [6.07, 6.45) is 0. The van der Waals surface area contributed by atoms with Crippen LogP contribution < -0.4 is 14.4 Å². The van der Waals surface area contributed by atoms with E-state index >= 15 is 0 Å². The molecular formula is C27H26N2O6. The predicted octanol–water partition coefficient (Wildman–Crippen LogP) is 4.33. The molecular weight excluding hydrogens is 448 g/mol. The van der Waals surface area contributed by atoms with Crippen LogP contribution in [0.5, 0.6) is 11.5 Å². The number of morpholine rings is 1. The van der Waals surface area contributed by atoms with Crippen LogP contribution in [0.4, 0.5) is 10.5 Å². The molecule has 0 bridgehead atoms. The summed E-state index contributed by atoms with van der Waals surface area (Å²) >= 11 is 0. The number of hydrogen-bond acceptors (Lipinski definition) is 6. The molecule has 0 aromatic heterocycles. The molecule has 35 heavy (non-hydrogen) atoms. The minimum Gasteiger partial charge on any atom is -0.465 e. The number of carbonyl (C=O) groups is 2. The van der Waals surface area contributed by atoms with Gasteiger partial charge >= 0.3 is 12.0 Å². The van der Waals surface area contributed by atoms with Gasteiger partial charge in [0.2, 0.25) is 6.79 Å². The first-order chi connectivity index (χ1) is 17.1. The third kappa shape index (κ3) is 4.93. The van der Waals surface area contributed by atoms with Crippen LogP contribution in [0, 0.1) is 0 Å². The van der Waals surface area contributed by atoms with Gasteiger partial charge in [-0.25, -0.2) is 9.59 Å². The van der Waals surface area contributed by atoms with Crippen molar-refractivity contribution < 1.29 is 28.5 Å². The summed E-state index contributed by atoms with van der Waals surface area (Å²) in [5.41, 5.74) is 4.06. The van der Waals surface area contributed by atoms with Crippen LogP contribution in [0.3, 0.4) is 0 Å². The first kappa shape index (κ1) is 22.7. The maximum absolute atomic E-state index is 13.6. The number of amides is 2. The zero-order valence-corrected chi connectivity index (χ0v) is 19.4. The van der Waals surface area contributed by atoms with E-state index < -0.39 is 5.97 Å². The number of hydrogen-bond donors (Lipinski definition) is 0. The van der Waals surface area contributed by atoms with Gasteiger partial charge in [-0.1, -0.05) is 30.3 Å². The van der Waals surface area contributed by atoms with Crippen LogP contribution in [0.2, 0.25) is 0 Å². The van der Waals surface area contributed by atoms with E-state index in [4.69, 9.17) is 18.9 Å². The third-order valence-corrected chi connectivity index (χ3v) is 6.09. The molecule has 8 heteroatoms. The first-order valence-electron chi connectivity index (χ1n) is 11.4. The standard InChI is InChI=1S/C27H26N2O6/c1-32-26(30)20-7-5-19(6-8-20)17-29(27(31)28-11-13-33-14-12-28)23-4-2-3-21(15-23)22-9-10-24-25(16-22)35-18-34-24/h2-10,15-16H,11-14,17-18H2,1H3. The molecule has 2 amide bonds. The van der Waals surface area contributed by atoms with Crippen molar-refractivity contribution in [3.05, 3.63) is 77.9 Å². The lowest BCUT2D eigenvalue weighted by atomic mass is 10.0. The molecule has 2 aliphatic rings. The van der Waals surface area contributed by atoms with Gasteiger partial charge in [-0.3, -0.25) is 4.90 Å². The highest BCUT2D eigenvalue weighted by molar-refractivity contribution is 5.93. The van der Waals surface area contributed by atoms with E-state index in [0.717, 1.165) is 28.1 Å². The number of methoxy groups -OCH3 is 1. The summed E-state index contributed by atoms with van der Waals surface area (Å²) in [5, 5.41) is 0. The number of carbonyl (C=O) groups excluding carboxylic acids is 2. The van der Waals surface area contributed by atoms with E-state index in [1.807, 2.05) is 54.6 Å². The average molecular weight is 475 g/mol. The van der Waals surface area contributed by atoms with Gasteiger partial charge in [-0.2, -0.15) is 0 Å². The van der Waals surface area contributed by atoms with Gasteiger partial charge in [0.15, 0.2) is 11.5 Å². The summed E-state index contributed by atoms with van der Waals surface area (Å²) in [7, 11) is 1.35. The van der Waals surface area contributed by atoms with E-state index in [9.17, 15) is 9.59 Å². The molecule has 0 radical (unpaired) electrons. The number of ether oxygens (including phenoxy) is 4. The molecule has 180 valence electrons. The van der Waals surface area contributed by atoms with E-state index in [1.165, 1.54) is 7.11 Å². The molecule has 0 atom stereocenters. The van der Waals surface area contributed by atoms with Crippen molar-refractivity contribution in [1.82, 2.24) is 4.90 Å². The quantitative estimate of drug-likeness (QED) is 0.513. The molecule has 3 aromatic carbocycles. The summed E-state index contributed by atoms with van der Waals surface area (Å²) < 4.78 is 21.2. The second-order valence-corrected chi connectivity index (χ2v) is 8.28. The summed E-state index contributed by atoms with van der Waals surface area (Å²) in [4.78, 5) is 29.0. The highest BCUT2D eigenvalue weighted by atomic mass is 16.7. The fourth-order valence-electron chi connectivity index (χ4n) is 4.17. The molecule has 3 aromatic rings. The molecule has 0 aliphatic carbocycles. The molecule has 1 saturated heterocycles. The fraction of sp³-hybridized carbons (Fsp3) is 0.259. The minimum absolute atomic E-state index is 0.0896. The predicted molar refractivity (Wildman–Crippen MR) is 130 cm³/mol. The van der Waals surface area contributed by atoms with Crippen LogP contribution in [-0.2, 0) is 16.0 Å². The number of benzene rings is 3. The lowest BCUT2D eigenvalue weighted by Gasteiger charge is -2.33. The maximum Gasteiger partial charge on any atom is 0.337 e. The Hall–Kier alpha value is -4.04. The number of esters is 1. The van der Waals surface area contributed by atoms with Crippen LogP contribution in [0.1, 0.15) is 15.9 Å². The summed E-state index contributed by atoms with van der Waals surface area (Å²) in [5.74, 6) is 1.04. The van der Waals surface area contributed by atoms with E-state index in [1.54, 1.807) is 21.9 Å². The van der Waals surface area contributed by atoms with Gasteiger partial charge in [-0.05, 0) is 53.1 Å². The van der Waals surface area contributed by atoms with Crippen molar-refractivity contribution in [3.8, 4) is 22.6 Å². The smallest absolute Gasteiger partial charge is 0.337 e. The Morgan fingerprint density at radius 2 is 1.66 bits per heavy atom. The minimum atomic E-state index is -0.394. The van der Waals surface area contributed by atoms with Gasteiger partial charge < -0.3 is 23.8 Å². The Kier molecular flexibility index (Phi) is 6.54. The van der Waals surface area contributed by atoms with Crippen LogP contribution in [-0.4, -0.2) is 57.1 Å². The molecule has 1 fully saturated rings. The Bertz CT molecular complexity index is 1220. The monoisotopic (exact) mass is 474 g/mol. The Morgan fingerprint density at radius 1 is 0.914 bits per heavy atom. The number of fused-ring (bicyclic) bond motifs is 1. The Labute approximate surface area is 203 Å².